The van der Waals surface area contributed by atoms with Crippen LogP contribution in [0, 0.1) is 6.92 Å². The Bertz CT molecular complexity index is 260. The first-order chi connectivity index (χ1) is 6.24. The molecule has 0 aliphatic heterocycles. The van der Waals surface area contributed by atoms with Crippen LogP contribution < -0.4 is 11.1 Å². The summed E-state index contributed by atoms with van der Waals surface area (Å²) in [6, 6.07) is 4.36. The van der Waals surface area contributed by atoms with Crippen molar-refractivity contribution in [2.75, 3.05) is 6.54 Å². The molecule has 1 aromatic rings. The number of hydrogen-bond acceptors (Lipinski definition) is 3. The van der Waals surface area contributed by atoms with Crippen LogP contribution in [0.5, 0.6) is 0 Å². The second-order valence-electron chi connectivity index (χ2n) is 3.28. The maximum absolute atomic E-state index is 5.49. The first-order valence-electron chi connectivity index (χ1n) is 4.58. The van der Waals surface area contributed by atoms with Crippen molar-refractivity contribution in [3.8, 4) is 0 Å². The Morgan fingerprint density at radius 1 is 1.62 bits per heavy atom. The summed E-state index contributed by atoms with van der Waals surface area (Å²) in [5.41, 5.74) is 7.81. The molecule has 0 saturated carbocycles. The molecule has 1 heterocycles. The Morgan fingerprint density at radius 3 is 3.00 bits per heavy atom. The van der Waals surface area contributed by atoms with Gasteiger partial charge in [-0.3, -0.25) is 4.98 Å². The standard InChI is InChI=1S/C10H17N3/c1-8-4-3-5-12-10(8)7-13-9(2)6-11/h3-5,9,13H,6-7,11H2,1-2H3/t9-/m1/s1. The van der Waals surface area contributed by atoms with Crippen molar-refractivity contribution in [1.29, 1.82) is 0 Å². The second-order valence-corrected chi connectivity index (χ2v) is 3.28. The predicted molar refractivity (Wildman–Crippen MR) is 54.3 cm³/mol. The predicted octanol–water partition coefficient (Wildman–Crippen LogP) is 0.827. The van der Waals surface area contributed by atoms with Gasteiger partial charge in [-0.05, 0) is 25.5 Å². The van der Waals surface area contributed by atoms with E-state index in [9.17, 15) is 0 Å². The van der Waals surface area contributed by atoms with Crippen LogP contribution in [-0.2, 0) is 6.54 Å². The van der Waals surface area contributed by atoms with E-state index in [4.69, 9.17) is 5.73 Å². The van der Waals surface area contributed by atoms with E-state index >= 15 is 0 Å². The maximum atomic E-state index is 5.49. The van der Waals surface area contributed by atoms with Gasteiger partial charge in [0.05, 0.1) is 5.69 Å². The lowest BCUT2D eigenvalue weighted by Gasteiger charge is -2.11. The van der Waals surface area contributed by atoms with E-state index in [-0.39, 0.29) is 0 Å². The van der Waals surface area contributed by atoms with Crippen molar-refractivity contribution in [1.82, 2.24) is 10.3 Å². The van der Waals surface area contributed by atoms with Crippen LogP contribution in [0.15, 0.2) is 18.3 Å². The van der Waals surface area contributed by atoms with Crippen molar-refractivity contribution in [3.05, 3.63) is 29.6 Å². The normalized spacial score (nSPS) is 12.8. The molecule has 13 heavy (non-hydrogen) atoms. The van der Waals surface area contributed by atoms with Crippen molar-refractivity contribution >= 4 is 0 Å². The van der Waals surface area contributed by atoms with Gasteiger partial charge in [0.25, 0.3) is 0 Å². The molecule has 0 aliphatic rings. The van der Waals surface area contributed by atoms with Crippen LogP contribution in [0.3, 0.4) is 0 Å². The molecule has 0 spiro atoms. The van der Waals surface area contributed by atoms with Crippen molar-refractivity contribution in [2.45, 2.75) is 26.4 Å². The highest BCUT2D eigenvalue weighted by Crippen LogP contribution is 2.02. The van der Waals surface area contributed by atoms with Gasteiger partial charge < -0.3 is 11.1 Å². The topological polar surface area (TPSA) is 50.9 Å². The molecule has 0 saturated heterocycles. The summed E-state index contributed by atoms with van der Waals surface area (Å²) >= 11 is 0. The van der Waals surface area contributed by atoms with Gasteiger partial charge in [0.1, 0.15) is 0 Å². The number of nitrogens with two attached hydrogens (primary N) is 1. The van der Waals surface area contributed by atoms with Gasteiger partial charge in [-0.1, -0.05) is 6.07 Å². The Morgan fingerprint density at radius 2 is 2.38 bits per heavy atom. The lowest BCUT2D eigenvalue weighted by molar-refractivity contribution is 0.549. The van der Waals surface area contributed by atoms with E-state index in [1.807, 2.05) is 12.3 Å². The van der Waals surface area contributed by atoms with E-state index in [2.05, 4.69) is 30.2 Å². The minimum atomic E-state index is 0.349. The van der Waals surface area contributed by atoms with E-state index in [0.717, 1.165) is 12.2 Å². The van der Waals surface area contributed by atoms with Crippen LogP contribution in [-0.4, -0.2) is 17.6 Å². The summed E-state index contributed by atoms with van der Waals surface area (Å²) in [6.07, 6.45) is 1.82. The Kier molecular flexibility index (Phi) is 3.86. The largest absolute Gasteiger partial charge is 0.329 e. The third-order valence-electron chi connectivity index (χ3n) is 2.09. The molecule has 0 amide bonds. The Hall–Kier alpha value is -0.930. The number of nitrogens with one attached hydrogen (secondary N) is 1. The number of rotatable bonds is 4. The zero-order valence-electron chi connectivity index (χ0n) is 8.25. The van der Waals surface area contributed by atoms with Crippen LogP contribution >= 0.6 is 0 Å². The average molecular weight is 179 g/mol. The molecule has 0 unspecified atom stereocenters. The molecule has 72 valence electrons. The number of nitrogens with zero attached hydrogens (tertiary/aromatic N) is 1. The lowest BCUT2D eigenvalue weighted by Crippen LogP contribution is -2.33. The molecule has 0 bridgehead atoms. The molecule has 0 aliphatic carbocycles. The molecule has 3 N–H and O–H groups in total. The summed E-state index contributed by atoms with van der Waals surface area (Å²) in [5, 5.41) is 3.30. The van der Waals surface area contributed by atoms with Gasteiger partial charge in [0.15, 0.2) is 0 Å². The van der Waals surface area contributed by atoms with Crippen LogP contribution in [0.25, 0.3) is 0 Å². The monoisotopic (exact) mass is 179 g/mol. The van der Waals surface area contributed by atoms with Crippen LogP contribution in [0.2, 0.25) is 0 Å². The highest BCUT2D eigenvalue weighted by molar-refractivity contribution is 5.17. The Balaban J connectivity index is 2.50. The molecule has 1 atom stereocenters. The molecule has 3 nitrogen and oxygen atoms in total. The zero-order chi connectivity index (χ0) is 9.68. The van der Waals surface area contributed by atoms with Gasteiger partial charge in [-0.25, -0.2) is 0 Å². The molecular weight excluding hydrogens is 162 g/mol. The smallest absolute Gasteiger partial charge is 0.0570 e. The van der Waals surface area contributed by atoms with Crippen LogP contribution in [0.4, 0.5) is 0 Å². The van der Waals surface area contributed by atoms with Crippen molar-refractivity contribution < 1.29 is 0 Å². The molecule has 0 aromatic carbocycles. The first kappa shape index (κ1) is 10.2. The molecule has 1 aromatic heterocycles. The third-order valence-corrected chi connectivity index (χ3v) is 2.09. The Labute approximate surface area is 79.4 Å². The minimum Gasteiger partial charge on any atom is -0.329 e. The quantitative estimate of drug-likeness (QED) is 0.719. The van der Waals surface area contributed by atoms with Gasteiger partial charge in [0, 0.05) is 25.3 Å². The van der Waals surface area contributed by atoms with Gasteiger partial charge in [-0.15, -0.1) is 0 Å². The van der Waals surface area contributed by atoms with Gasteiger partial charge >= 0.3 is 0 Å². The molecule has 0 radical (unpaired) electrons. The zero-order valence-corrected chi connectivity index (χ0v) is 8.25. The number of aromatic nitrogens is 1. The lowest BCUT2D eigenvalue weighted by atomic mass is 10.2. The summed E-state index contributed by atoms with van der Waals surface area (Å²) in [5.74, 6) is 0. The van der Waals surface area contributed by atoms with Crippen LogP contribution in [0.1, 0.15) is 18.2 Å². The van der Waals surface area contributed by atoms with E-state index in [0.29, 0.717) is 12.6 Å². The molecule has 0 fully saturated rings. The molecular formula is C10H17N3. The van der Waals surface area contributed by atoms with E-state index in [1.165, 1.54) is 5.56 Å². The summed E-state index contributed by atoms with van der Waals surface area (Å²) in [7, 11) is 0. The van der Waals surface area contributed by atoms with Crippen molar-refractivity contribution in [3.63, 3.8) is 0 Å². The van der Waals surface area contributed by atoms with Gasteiger partial charge in [-0.2, -0.15) is 0 Å². The van der Waals surface area contributed by atoms with E-state index in [1.54, 1.807) is 0 Å². The fraction of sp³-hybridized carbons (Fsp3) is 0.500. The van der Waals surface area contributed by atoms with E-state index < -0.39 is 0 Å². The van der Waals surface area contributed by atoms with Crippen molar-refractivity contribution in [2.24, 2.45) is 5.73 Å². The summed E-state index contributed by atoms with van der Waals surface area (Å²) in [4.78, 5) is 4.28. The minimum absolute atomic E-state index is 0.349. The fourth-order valence-corrected chi connectivity index (χ4v) is 1.06. The SMILES string of the molecule is Cc1cccnc1CN[C@H](C)CN. The van der Waals surface area contributed by atoms with Gasteiger partial charge in [0.2, 0.25) is 0 Å². The second kappa shape index (κ2) is 4.94. The first-order valence-corrected chi connectivity index (χ1v) is 4.58. The summed E-state index contributed by atoms with van der Waals surface area (Å²) < 4.78 is 0. The maximum Gasteiger partial charge on any atom is 0.0570 e. The number of hydrogen-bond donors (Lipinski definition) is 2. The third kappa shape index (κ3) is 3.13. The fourth-order valence-electron chi connectivity index (χ4n) is 1.06. The number of aryl methyl sites for hydroxylation is 1. The molecule has 1 rings (SSSR count). The summed E-state index contributed by atoms with van der Waals surface area (Å²) in [6.45, 7) is 5.59. The highest BCUT2D eigenvalue weighted by atomic mass is 14.9. The number of pyridine rings is 1. The molecule has 3 heteroatoms. The average Bonchev–Trinajstić information content (AvgIpc) is 2.16. The highest BCUT2D eigenvalue weighted by Gasteiger charge is 2.00.